The SMILES string of the molecule is Cc1cc(=O)c(-c2ccc(Br)cc2)c(CO)[nH]1. The zero-order valence-electron chi connectivity index (χ0n) is 9.33. The summed E-state index contributed by atoms with van der Waals surface area (Å²) in [5.74, 6) is 0. The second-order valence-electron chi connectivity index (χ2n) is 3.84. The van der Waals surface area contributed by atoms with E-state index in [4.69, 9.17) is 0 Å². The molecule has 2 aromatic rings. The summed E-state index contributed by atoms with van der Waals surface area (Å²) in [5, 5.41) is 9.30. The molecular formula is C13H12BrNO2. The molecule has 0 aliphatic heterocycles. The van der Waals surface area contributed by atoms with Crippen LogP contribution in [0, 0.1) is 6.92 Å². The number of aliphatic hydroxyl groups excluding tert-OH is 1. The van der Waals surface area contributed by atoms with Gasteiger partial charge in [0.1, 0.15) is 0 Å². The predicted octanol–water partition coefficient (Wildman–Crippen LogP) is 2.61. The average Bonchev–Trinajstić information content (AvgIpc) is 2.30. The van der Waals surface area contributed by atoms with E-state index in [0.29, 0.717) is 11.3 Å². The number of rotatable bonds is 2. The molecule has 4 heteroatoms. The fourth-order valence-electron chi connectivity index (χ4n) is 1.81. The molecule has 0 bridgehead atoms. The summed E-state index contributed by atoms with van der Waals surface area (Å²) in [6.07, 6.45) is 0. The third-order valence-corrected chi connectivity index (χ3v) is 3.06. The van der Waals surface area contributed by atoms with Crippen LogP contribution in [0.2, 0.25) is 0 Å². The second-order valence-corrected chi connectivity index (χ2v) is 4.75. The van der Waals surface area contributed by atoms with Crippen LogP contribution in [-0.4, -0.2) is 10.1 Å². The van der Waals surface area contributed by atoms with Gasteiger partial charge in [-0.1, -0.05) is 28.1 Å². The van der Waals surface area contributed by atoms with Crippen molar-refractivity contribution >= 4 is 15.9 Å². The molecule has 0 saturated heterocycles. The smallest absolute Gasteiger partial charge is 0.189 e. The van der Waals surface area contributed by atoms with Crippen molar-refractivity contribution in [2.75, 3.05) is 0 Å². The molecule has 3 nitrogen and oxygen atoms in total. The third kappa shape index (κ3) is 2.48. The van der Waals surface area contributed by atoms with Crippen molar-refractivity contribution in [1.82, 2.24) is 4.98 Å². The molecule has 0 aliphatic carbocycles. The van der Waals surface area contributed by atoms with Crippen molar-refractivity contribution in [3.05, 3.63) is 56.4 Å². The minimum atomic E-state index is -0.178. The maximum atomic E-state index is 12.0. The van der Waals surface area contributed by atoms with Gasteiger partial charge in [0.05, 0.1) is 17.9 Å². The van der Waals surface area contributed by atoms with E-state index in [1.165, 1.54) is 6.07 Å². The van der Waals surface area contributed by atoms with Gasteiger partial charge in [0.2, 0.25) is 0 Å². The first-order valence-electron chi connectivity index (χ1n) is 5.21. The van der Waals surface area contributed by atoms with Gasteiger partial charge in [0.25, 0.3) is 0 Å². The lowest BCUT2D eigenvalue weighted by molar-refractivity contribution is 0.277. The van der Waals surface area contributed by atoms with Crippen LogP contribution < -0.4 is 5.43 Å². The van der Waals surface area contributed by atoms with Gasteiger partial charge in [-0.15, -0.1) is 0 Å². The van der Waals surface area contributed by atoms with Crippen molar-refractivity contribution < 1.29 is 5.11 Å². The first-order valence-corrected chi connectivity index (χ1v) is 6.00. The number of aryl methyl sites for hydroxylation is 1. The summed E-state index contributed by atoms with van der Waals surface area (Å²) in [6, 6.07) is 8.98. The molecule has 1 aromatic heterocycles. The molecule has 0 unspecified atom stereocenters. The van der Waals surface area contributed by atoms with E-state index in [9.17, 15) is 9.90 Å². The van der Waals surface area contributed by atoms with Crippen LogP contribution in [0.4, 0.5) is 0 Å². The first kappa shape index (κ1) is 12.1. The Kier molecular flexibility index (Phi) is 3.45. The molecule has 0 atom stereocenters. The molecule has 1 aromatic carbocycles. The van der Waals surface area contributed by atoms with Crippen molar-refractivity contribution in [2.45, 2.75) is 13.5 Å². The molecule has 0 aliphatic rings. The van der Waals surface area contributed by atoms with Gasteiger partial charge >= 0.3 is 0 Å². The monoisotopic (exact) mass is 293 g/mol. The molecule has 0 amide bonds. The molecule has 0 saturated carbocycles. The number of aliphatic hydroxyl groups is 1. The number of hydrogen-bond acceptors (Lipinski definition) is 2. The minimum absolute atomic E-state index is 0.0763. The number of hydrogen-bond donors (Lipinski definition) is 2. The highest BCUT2D eigenvalue weighted by Crippen LogP contribution is 2.21. The third-order valence-electron chi connectivity index (χ3n) is 2.53. The van der Waals surface area contributed by atoms with Crippen LogP contribution in [0.5, 0.6) is 0 Å². The molecule has 0 fully saturated rings. The zero-order chi connectivity index (χ0) is 12.4. The first-order chi connectivity index (χ1) is 8.11. The van der Waals surface area contributed by atoms with Crippen LogP contribution in [0.15, 0.2) is 39.6 Å². The average molecular weight is 294 g/mol. The van der Waals surface area contributed by atoms with E-state index in [0.717, 1.165) is 15.7 Å². The fourth-order valence-corrected chi connectivity index (χ4v) is 2.07. The number of nitrogens with one attached hydrogen (secondary N) is 1. The topological polar surface area (TPSA) is 53.1 Å². The van der Waals surface area contributed by atoms with Crippen molar-refractivity contribution in [1.29, 1.82) is 0 Å². The van der Waals surface area contributed by atoms with Crippen LogP contribution in [-0.2, 0) is 6.61 Å². The Bertz CT molecular complexity index is 587. The van der Waals surface area contributed by atoms with Gasteiger partial charge in [-0.2, -0.15) is 0 Å². The van der Waals surface area contributed by atoms with Crippen molar-refractivity contribution in [2.24, 2.45) is 0 Å². The number of halogens is 1. The van der Waals surface area contributed by atoms with E-state index in [2.05, 4.69) is 20.9 Å². The number of benzene rings is 1. The van der Waals surface area contributed by atoms with Gasteiger partial charge in [-0.05, 0) is 24.6 Å². The Balaban J connectivity index is 2.66. The number of aromatic amines is 1. The number of aromatic nitrogens is 1. The molecule has 0 radical (unpaired) electrons. The Morgan fingerprint density at radius 2 is 1.94 bits per heavy atom. The number of H-pyrrole nitrogens is 1. The molecule has 17 heavy (non-hydrogen) atoms. The second kappa shape index (κ2) is 4.85. The van der Waals surface area contributed by atoms with E-state index >= 15 is 0 Å². The number of pyridine rings is 1. The fraction of sp³-hybridized carbons (Fsp3) is 0.154. The lowest BCUT2D eigenvalue weighted by Crippen LogP contribution is -2.10. The van der Waals surface area contributed by atoms with Crippen molar-refractivity contribution in [3.63, 3.8) is 0 Å². The van der Waals surface area contributed by atoms with E-state index in [1.54, 1.807) is 6.92 Å². The summed E-state index contributed by atoms with van der Waals surface area (Å²) < 4.78 is 0.954. The molecule has 2 N–H and O–H groups in total. The highest BCUT2D eigenvalue weighted by Gasteiger charge is 2.09. The highest BCUT2D eigenvalue weighted by atomic mass is 79.9. The van der Waals surface area contributed by atoms with E-state index in [1.807, 2.05) is 24.3 Å². The lowest BCUT2D eigenvalue weighted by atomic mass is 10.0. The van der Waals surface area contributed by atoms with E-state index < -0.39 is 0 Å². The summed E-state index contributed by atoms with van der Waals surface area (Å²) in [6.45, 7) is 1.62. The Labute approximate surface area is 107 Å². The molecule has 1 heterocycles. The molecular weight excluding hydrogens is 282 g/mol. The minimum Gasteiger partial charge on any atom is -0.390 e. The van der Waals surface area contributed by atoms with Crippen LogP contribution in [0.25, 0.3) is 11.1 Å². The van der Waals surface area contributed by atoms with E-state index in [-0.39, 0.29) is 12.0 Å². The zero-order valence-corrected chi connectivity index (χ0v) is 10.9. The maximum Gasteiger partial charge on any atom is 0.189 e. The molecule has 88 valence electrons. The highest BCUT2D eigenvalue weighted by molar-refractivity contribution is 9.10. The predicted molar refractivity (Wildman–Crippen MR) is 70.9 cm³/mol. The molecule has 0 spiro atoms. The summed E-state index contributed by atoms with van der Waals surface area (Å²) >= 11 is 3.35. The maximum absolute atomic E-state index is 12.0. The van der Waals surface area contributed by atoms with Gasteiger partial charge in [0.15, 0.2) is 5.43 Å². The van der Waals surface area contributed by atoms with Crippen molar-refractivity contribution in [3.8, 4) is 11.1 Å². The Morgan fingerprint density at radius 1 is 1.29 bits per heavy atom. The molecule has 2 rings (SSSR count). The Hall–Kier alpha value is -1.39. The standard InChI is InChI=1S/C13H12BrNO2/c1-8-6-12(17)13(11(7-16)15-8)9-2-4-10(14)5-3-9/h2-6,16H,7H2,1H3,(H,15,17). The van der Waals surface area contributed by atoms with Crippen LogP contribution in [0.3, 0.4) is 0 Å². The summed E-state index contributed by atoms with van der Waals surface area (Å²) in [7, 11) is 0. The van der Waals surface area contributed by atoms with Crippen LogP contribution in [0.1, 0.15) is 11.4 Å². The normalized spacial score (nSPS) is 10.5. The Morgan fingerprint density at radius 3 is 2.53 bits per heavy atom. The van der Waals surface area contributed by atoms with Crippen LogP contribution >= 0.6 is 15.9 Å². The summed E-state index contributed by atoms with van der Waals surface area (Å²) in [4.78, 5) is 15.0. The van der Waals surface area contributed by atoms with Gasteiger partial charge < -0.3 is 10.1 Å². The van der Waals surface area contributed by atoms with Gasteiger partial charge in [-0.25, -0.2) is 0 Å². The van der Waals surface area contributed by atoms with Gasteiger partial charge in [0, 0.05) is 16.2 Å². The largest absolute Gasteiger partial charge is 0.390 e. The summed E-state index contributed by atoms with van der Waals surface area (Å²) in [5.41, 5.74) is 2.56. The lowest BCUT2D eigenvalue weighted by Gasteiger charge is -2.08. The quantitative estimate of drug-likeness (QED) is 0.894. The van der Waals surface area contributed by atoms with Gasteiger partial charge in [-0.3, -0.25) is 4.79 Å².